The van der Waals surface area contributed by atoms with Crippen molar-refractivity contribution in [3.8, 4) is 39.1 Å². The first-order valence-corrected chi connectivity index (χ1v) is 19.4. The third kappa shape index (κ3) is 6.12. The molecule has 0 spiro atoms. The van der Waals surface area contributed by atoms with Crippen LogP contribution in [0, 0.1) is 0 Å². The number of allylic oxidation sites excluding steroid dienone is 6. The molecule has 0 saturated heterocycles. The van der Waals surface area contributed by atoms with Crippen molar-refractivity contribution in [1.29, 1.82) is 0 Å². The highest BCUT2D eigenvalue weighted by Crippen LogP contribution is 2.40. The van der Waals surface area contributed by atoms with Crippen molar-refractivity contribution in [3.63, 3.8) is 0 Å². The van der Waals surface area contributed by atoms with Crippen molar-refractivity contribution in [2.24, 2.45) is 0 Å². The Morgan fingerprint density at radius 1 is 0.482 bits per heavy atom. The molecule has 56 heavy (non-hydrogen) atoms. The molecule has 1 aliphatic heterocycles. The molecular formula is C54H40N2. The fourth-order valence-electron chi connectivity index (χ4n) is 8.40. The van der Waals surface area contributed by atoms with Gasteiger partial charge in [0, 0.05) is 33.9 Å². The standard InChI is InChI=1S/C54H40N2/c1-38-14-10-11-33-55(47-29-25-41(26-30-47)39-15-4-2-5-16-39)52-31-27-45(36-50(38)52)46-28-32-54-51(37-46)49-23-8-9-24-53(49)56(54)48-22-13-21-44(35-48)43-20-12-19-42(34-43)40-17-6-3-7-18-40/h2-29,31-37,47H,1,30H2/b14-10-,33-11-. The van der Waals surface area contributed by atoms with E-state index >= 15 is 0 Å². The van der Waals surface area contributed by atoms with E-state index in [1.165, 1.54) is 66.3 Å². The normalized spacial score (nSPS) is 16.3. The maximum Gasteiger partial charge on any atom is 0.0554 e. The van der Waals surface area contributed by atoms with Gasteiger partial charge in [0.15, 0.2) is 0 Å². The second kappa shape index (κ2) is 14.2. The molecule has 0 amide bonds. The molecule has 0 saturated carbocycles. The molecule has 8 aromatic rings. The Kier molecular flexibility index (Phi) is 8.50. The molecule has 2 nitrogen and oxygen atoms in total. The monoisotopic (exact) mass is 716 g/mol. The number of aromatic nitrogens is 1. The van der Waals surface area contributed by atoms with Gasteiger partial charge in [-0.25, -0.2) is 0 Å². The Bertz CT molecular complexity index is 2900. The first-order valence-electron chi connectivity index (χ1n) is 19.4. The summed E-state index contributed by atoms with van der Waals surface area (Å²) >= 11 is 0. The minimum atomic E-state index is 0.205. The number of para-hydroxylation sites is 1. The predicted molar refractivity (Wildman–Crippen MR) is 239 cm³/mol. The van der Waals surface area contributed by atoms with E-state index in [2.05, 4.69) is 229 Å². The molecule has 2 heterocycles. The Balaban J connectivity index is 1.01. The molecule has 7 aromatic carbocycles. The quantitative estimate of drug-likeness (QED) is 0.166. The van der Waals surface area contributed by atoms with Gasteiger partial charge in [-0.2, -0.15) is 0 Å². The average Bonchev–Trinajstić information content (AvgIpc) is 3.60. The molecule has 0 fully saturated rings. The van der Waals surface area contributed by atoms with Gasteiger partial charge in [-0.3, -0.25) is 0 Å². The molecule has 1 aliphatic carbocycles. The Morgan fingerprint density at radius 2 is 1.12 bits per heavy atom. The number of rotatable bonds is 6. The lowest BCUT2D eigenvalue weighted by molar-refractivity contribution is 0.780. The van der Waals surface area contributed by atoms with Crippen LogP contribution in [0.15, 0.2) is 219 Å². The SMILES string of the molecule is C=C1/C=C\C=C/N(C2C=CC(c3ccccc3)=CC2)c2ccc(-c3ccc4c(c3)c3ccccc3n4-c3cccc(-c4cccc(-c5ccccc5)c4)c3)cc21. The molecule has 0 radical (unpaired) electrons. The van der Waals surface area contributed by atoms with Crippen LogP contribution in [0.5, 0.6) is 0 Å². The molecule has 2 heteroatoms. The van der Waals surface area contributed by atoms with Crippen LogP contribution >= 0.6 is 0 Å². The Morgan fingerprint density at radius 3 is 1.93 bits per heavy atom. The van der Waals surface area contributed by atoms with Crippen molar-refractivity contribution in [2.75, 3.05) is 4.90 Å². The third-order valence-corrected chi connectivity index (χ3v) is 11.2. The second-order valence-corrected chi connectivity index (χ2v) is 14.6. The zero-order valence-electron chi connectivity index (χ0n) is 31.1. The summed E-state index contributed by atoms with van der Waals surface area (Å²) in [6, 6.07) is 61.7. The largest absolute Gasteiger partial charge is 0.340 e. The van der Waals surface area contributed by atoms with Crippen LogP contribution in [0.1, 0.15) is 17.5 Å². The number of nitrogens with zero attached hydrogens (tertiary/aromatic N) is 2. The molecule has 1 unspecified atom stereocenters. The van der Waals surface area contributed by atoms with Crippen molar-refractivity contribution in [2.45, 2.75) is 12.5 Å². The van der Waals surface area contributed by atoms with Crippen molar-refractivity contribution >= 4 is 38.6 Å². The zero-order valence-corrected chi connectivity index (χ0v) is 31.1. The lowest BCUT2D eigenvalue weighted by atomic mass is 9.93. The number of hydrogen-bond acceptors (Lipinski definition) is 1. The van der Waals surface area contributed by atoms with E-state index in [1.807, 2.05) is 0 Å². The lowest BCUT2D eigenvalue weighted by Crippen LogP contribution is -2.30. The summed E-state index contributed by atoms with van der Waals surface area (Å²) in [4.78, 5) is 2.39. The Labute approximate surface area is 328 Å². The van der Waals surface area contributed by atoms with Crippen molar-refractivity contribution in [3.05, 3.63) is 230 Å². The highest BCUT2D eigenvalue weighted by Gasteiger charge is 2.22. The topological polar surface area (TPSA) is 8.17 Å². The molecule has 0 N–H and O–H groups in total. The van der Waals surface area contributed by atoms with Gasteiger partial charge >= 0.3 is 0 Å². The fraction of sp³-hybridized carbons (Fsp3) is 0.0370. The van der Waals surface area contributed by atoms with Gasteiger partial charge in [-0.15, -0.1) is 0 Å². The van der Waals surface area contributed by atoms with Gasteiger partial charge in [0.2, 0.25) is 0 Å². The summed E-state index contributed by atoms with van der Waals surface area (Å²) in [6.07, 6.45) is 16.4. The van der Waals surface area contributed by atoms with Gasteiger partial charge in [-0.1, -0.05) is 158 Å². The van der Waals surface area contributed by atoms with Gasteiger partial charge in [-0.05, 0) is 111 Å². The van der Waals surface area contributed by atoms with E-state index in [0.717, 1.165) is 28.9 Å². The zero-order chi connectivity index (χ0) is 37.4. The minimum absolute atomic E-state index is 0.205. The number of hydrogen-bond donors (Lipinski definition) is 0. The summed E-state index contributed by atoms with van der Waals surface area (Å²) in [5, 5.41) is 2.47. The smallest absolute Gasteiger partial charge is 0.0554 e. The number of fused-ring (bicyclic) bond motifs is 4. The summed E-state index contributed by atoms with van der Waals surface area (Å²) in [7, 11) is 0. The van der Waals surface area contributed by atoms with Crippen LogP contribution in [-0.4, -0.2) is 10.6 Å². The van der Waals surface area contributed by atoms with Gasteiger partial charge < -0.3 is 9.47 Å². The lowest BCUT2D eigenvalue weighted by Gasteiger charge is -2.32. The number of anilines is 1. The molecule has 0 bridgehead atoms. The van der Waals surface area contributed by atoms with Gasteiger partial charge in [0.25, 0.3) is 0 Å². The van der Waals surface area contributed by atoms with Crippen LogP contribution < -0.4 is 4.90 Å². The van der Waals surface area contributed by atoms with Crippen molar-refractivity contribution < 1.29 is 0 Å². The van der Waals surface area contributed by atoms with Crippen LogP contribution in [0.25, 0.3) is 72.0 Å². The minimum Gasteiger partial charge on any atom is -0.340 e. The van der Waals surface area contributed by atoms with E-state index in [-0.39, 0.29) is 6.04 Å². The fourth-order valence-corrected chi connectivity index (χ4v) is 8.40. The summed E-state index contributed by atoms with van der Waals surface area (Å²) in [5.41, 5.74) is 16.6. The molecule has 2 aliphatic rings. The predicted octanol–water partition coefficient (Wildman–Crippen LogP) is 14.1. The molecular weight excluding hydrogens is 677 g/mol. The van der Waals surface area contributed by atoms with E-state index < -0.39 is 0 Å². The summed E-state index contributed by atoms with van der Waals surface area (Å²) in [6.45, 7) is 4.52. The third-order valence-electron chi connectivity index (χ3n) is 11.2. The molecule has 1 atom stereocenters. The van der Waals surface area contributed by atoms with Gasteiger partial charge in [0.05, 0.1) is 17.1 Å². The first kappa shape index (κ1) is 33.4. The van der Waals surface area contributed by atoms with Crippen LogP contribution in [0.4, 0.5) is 5.69 Å². The molecule has 10 rings (SSSR count). The molecule has 266 valence electrons. The highest BCUT2D eigenvalue weighted by atomic mass is 15.1. The van der Waals surface area contributed by atoms with Crippen LogP contribution in [-0.2, 0) is 0 Å². The first-order chi connectivity index (χ1) is 27.7. The summed E-state index contributed by atoms with van der Waals surface area (Å²) in [5.74, 6) is 0. The van der Waals surface area contributed by atoms with E-state index in [9.17, 15) is 0 Å². The highest BCUT2D eigenvalue weighted by molar-refractivity contribution is 6.10. The maximum absolute atomic E-state index is 4.52. The molecule has 1 aromatic heterocycles. The van der Waals surface area contributed by atoms with Crippen LogP contribution in [0.2, 0.25) is 0 Å². The van der Waals surface area contributed by atoms with Crippen LogP contribution in [0.3, 0.4) is 0 Å². The van der Waals surface area contributed by atoms with Crippen molar-refractivity contribution in [1.82, 2.24) is 4.57 Å². The van der Waals surface area contributed by atoms with E-state index in [4.69, 9.17) is 0 Å². The summed E-state index contributed by atoms with van der Waals surface area (Å²) < 4.78 is 2.41. The average molecular weight is 717 g/mol. The van der Waals surface area contributed by atoms with E-state index in [0.29, 0.717) is 0 Å². The number of benzene rings is 7. The van der Waals surface area contributed by atoms with Gasteiger partial charge in [0.1, 0.15) is 0 Å². The van der Waals surface area contributed by atoms with E-state index in [1.54, 1.807) is 0 Å². The maximum atomic E-state index is 4.52. The Hall–Kier alpha value is -7.16. The second-order valence-electron chi connectivity index (χ2n) is 14.6.